The molecule has 1 amide bonds. The van der Waals surface area contributed by atoms with Crippen LogP contribution in [-0.4, -0.2) is 55.2 Å². The predicted molar refractivity (Wildman–Crippen MR) is 79.1 cm³/mol. The van der Waals surface area contributed by atoms with Gasteiger partial charge in [-0.1, -0.05) is 6.92 Å². The number of amides is 1. The molecule has 5 nitrogen and oxygen atoms in total. The zero-order chi connectivity index (χ0) is 15.1. The van der Waals surface area contributed by atoms with Gasteiger partial charge in [0.1, 0.15) is 0 Å². The van der Waals surface area contributed by atoms with Gasteiger partial charge < -0.3 is 15.8 Å². The summed E-state index contributed by atoms with van der Waals surface area (Å²) in [6.07, 6.45) is 0.426. The Kier molecular flexibility index (Phi) is 8.22. The van der Waals surface area contributed by atoms with E-state index in [1.165, 1.54) is 0 Å². The van der Waals surface area contributed by atoms with Crippen molar-refractivity contribution in [1.29, 1.82) is 0 Å². The molecule has 0 fully saturated rings. The topological polar surface area (TPSA) is 67.6 Å². The summed E-state index contributed by atoms with van der Waals surface area (Å²) in [5, 5.41) is 2.98. The van der Waals surface area contributed by atoms with Gasteiger partial charge in [0.25, 0.3) is 0 Å². The van der Waals surface area contributed by atoms with Gasteiger partial charge in [-0.05, 0) is 34.2 Å². The maximum atomic E-state index is 12.0. The number of likely N-dealkylation sites (N-methyl/N-ethyl adjacent to an activating group) is 1. The van der Waals surface area contributed by atoms with E-state index in [2.05, 4.69) is 24.1 Å². The van der Waals surface area contributed by atoms with Crippen molar-refractivity contribution < 1.29 is 9.53 Å². The molecule has 0 aliphatic heterocycles. The number of hydrogen-bond acceptors (Lipinski definition) is 4. The van der Waals surface area contributed by atoms with Crippen molar-refractivity contribution in [3.05, 3.63) is 0 Å². The minimum Gasteiger partial charge on any atom is -0.383 e. The Balaban J connectivity index is 4.57. The van der Waals surface area contributed by atoms with E-state index >= 15 is 0 Å². The highest BCUT2D eigenvalue weighted by molar-refractivity contribution is 5.77. The number of nitrogens with zero attached hydrogens (tertiary/aromatic N) is 1. The molecule has 0 aromatic rings. The van der Waals surface area contributed by atoms with Gasteiger partial charge in [-0.3, -0.25) is 9.69 Å². The molecule has 2 atom stereocenters. The molecule has 0 aliphatic carbocycles. The molecule has 0 aromatic heterocycles. The zero-order valence-electron chi connectivity index (χ0n) is 13.3. The van der Waals surface area contributed by atoms with Crippen molar-refractivity contribution in [2.75, 3.05) is 26.8 Å². The first-order chi connectivity index (χ1) is 8.75. The lowest BCUT2D eigenvalue weighted by molar-refractivity contribution is -0.124. The average Bonchev–Trinajstić information content (AvgIpc) is 2.26. The number of carbonyl (C=O) groups is 1. The quantitative estimate of drug-likeness (QED) is 0.691. The Morgan fingerprint density at radius 3 is 2.37 bits per heavy atom. The van der Waals surface area contributed by atoms with Crippen LogP contribution in [0.25, 0.3) is 0 Å². The summed E-state index contributed by atoms with van der Waals surface area (Å²) in [6.45, 7) is 12.1. The Hall–Kier alpha value is -0.650. The van der Waals surface area contributed by atoms with Crippen molar-refractivity contribution in [3.8, 4) is 0 Å². The fraction of sp³-hybridized carbons (Fsp3) is 0.929. The normalized spacial score (nSPS) is 15.4. The van der Waals surface area contributed by atoms with E-state index in [0.717, 1.165) is 6.54 Å². The molecule has 3 N–H and O–H groups in total. The number of methoxy groups -OCH3 is 1. The third kappa shape index (κ3) is 7.50. The van der Waals surface area contributed by atoms with Crippen LogP contribution in [-0.2, 0) is 9.53 Å². The predicted octanol–water partition coefficient (Wildman–Crippen LogP) is 0.975. The Labute approximate surface area is 117 Å². The van der Waals surface area contributed by atoms with E-state index in [4.69, 9.17) is 10.5 Å². The molecule has 0 radical (unpaired) electrons. The number of nitrogens with two attached hydrogens (primary N) is 1. The first-order valence-electron chi connectivity index (χ1n) is 7.00. The highest BCUT2D eigenvalue weighted by atomic mass is 16.5. The standard InChI is InChI=1S/C14H31N3O2/c1-7-17(11(2)10-19-6)12(9-15)8-13(18)16-14(3,4)5/h11-12H,7-10,15H2,1-6H3,(H,16,18). The van der Waals surface area contributed by atoms with Crippen molar-refractivity contribution >= 4 is 5.91 Å². The van der Waals surface area contributed by atoms with Gasteiger partial charge in [0, 0.05) is 37.7 Å². The smallest absolute Gasteiger partial charge is 0.222 e. The third-order valence-corrected chi connectivity index (χ3v) is 3.02. The van der Waals surface area contributed by atoms with Crippen LogP contribution in [0.5, 0.6) is 0 Å². The first kappa shape index (κ1) is 18.4. The van der Waals surface area contributed by atoms with Gasteiger partial charge in [-0.25, -0.2) is 0 Å². The molecule has 0 bridgehead atoms. The summed E-state index contributed by atoms with van der Waals surface area (Å²) >= 11 is 0. The average molecular weight is 273 g/mol. The molecule has 0 saturated carbocycles. The summed E-state index contributed by atoms with van der Waals surface area (Å²) < 4.78 is 5.18. The van der Waals surface area contributed by atoms with E-state index in [-0.39, 0.29) is 23.5 Å². The molecule has 0 rings (SSSR count). The van der Waals surface area contributed by atoms with Gasteiger partial charge in [-0.15, -0.1) is 0 Å². The number of nitrogens with one attached hydrogen (secondary N) is 1. The van der Waals surface area contributed by atoms with E-state index in [9.17, 15) is 4.79 Å². The van der Waals surface area contributed by atoms with Gasteiger partial charge in [0.05, 0.1) is 6.61 Å². The van der Waals surface area contributed by atoms with Crippen LogP contribution in [0.2, 0.25) is 0 Å². The first-order valence-corrected chi connectivity index (χ1v) is 7.00. The molecule has 0 aliphatic rings. The second-order valence-corrected chi connectivity index (χ2v) is 6.03. The zero-order valence-corrected chi connectivity index (χ0v) is 13.3. The second-order valence-electron chi connectivity index (χ2n) is 6.03. The lowest BCUT2D eigenvalue weighted by Gasteiger charge is -2.35. The van der Waals surface area contributed by atoms with E-state index in [1.807, 2.05) is 20.8 Å². The van der Waals surface area contributed by atoms with E-state index in [0.29, 0.717) is 19.6 Å². The fourth-order valence-corrected chi connectivity index (χ4v) is 2.29. The molecule has 5 heteroatoms. The number of carbonyl (C=O) groups excluding carboxylic acids is 1. The fourth-order valence-electron chi connectivity index (χ4n) is 2.29. The molecule has 2 unspecified atom stereocenters. The summed E-state index contributed by atoms with van der Waals surface area (Å²) in [5.74, 6) is 0.0472. The van der Waals surface area contributed by atoms with Crippen LogP contribution in [0, 0.1) is 0 Å². The van der Waals surface area contributed by atoms with Crippen LogP contribution in [0.4, 0.5) is 0 Å². The minimum atomic E-state index is -0.203. The molecule has 0 heterocycles. The molecular weight excluding hydrogens is 242 g/mol. The van der Waals surface area contributed by atoms with Crippen molar-refractivity contribution in [3.63, 3.8) is 0 Å². The van der Waals surface area contributed by atoms with Crippen LogP contribution in [0.3, 0.4) is 0 Å². The third-order valence-electron chi connectivity index (χ3n) is 3.02. The second kappa shape index (κ2) is 8.51. The molecule has 0 aromatic carbocycles. The number of hydrogen-bond donors (Lipinski definition) is 2. The molecule has 19 heavy (non-hydrogen) atoms. The lowest BCUT2D eigenvalue weighted by atomic mass is 10.1. The maximum absolute atomic E-state index is 12.0. The number of rotatable bonds is 8. The SMILES string of the molecule is CCN(C(C)COC)C(CN)CC(=O)NC(C)(C)C. The highest BCUT2D eigenvalue weighted by Crippen LogP contribution is 2.10. The summed E-state index contributed by atoms with van der Waals surface area (Å²) in [4.78, 5) is 14.2. The van der Waals surface area contributed by atoms with Gasteiger partial charge >= 0.3 is 0 Å². The Bertz CT molecular complexity index is 264. The monoisotopic (exact) mass is 273 g/mol. The summed E-state index contributed by atoms with van der Waals surface area (Å²) in [7, 11) is 1.69. The minimum absolute atomic E-state index is 0.0472. The summed E-state index contributed by atoms with van der Waals surface area (Å²) in [6, 6.07) is 0.309. The van der Waals surface area contributed by atoms with Crippen molar-refractivity contribution in [2.45, 2.75) is 58.7 Å². The Morgan fingerprint density at radius 1 is 1.42 bits per heavy atom. The lowest BCUT2D eigenvalue weighted by Crippen LogP contribution is -2.51. The molecule has 114 valence electrons. The van der Waals surface area contributed by atoms with Gasteiger partial charge in [0.15, 0.2) is 0 Å². The van der Waals surface area contributed by atoms with Gasteiger partial charge in [0.2, 0.25) is 5.91 Å². The van der Waals surface area contributed by atoms with Crippen LogP contribution < -0.4 is 11.1 Å². The molecule has 0 saturated heterocycles. The van der Waals surface area contributed by atoms with E-state index in [1.54, 1.807) is 7.11 Å². The molecular formula is C14H31N3O2. The van der Waals surface area contributed by atoms with Gasteiger partial charge in [-0.2, -0.15) is 0 Å². The van der Waals surface area contributed by atoms with Crippen LogP contribution in [0.15, 0.2) is 0 Å². The van der Waals surface area contributed by atoms with Crippen LogP contribution in [0.1, 0.15) is 41.0 Å². The maximum Gasteiger partial charge on any atom is 0.222 e. The Morgan fingerprint density at radius 2 is 2.00 bits per heavy atom. The van der Waals surface area contributed by atoms with Crippen molar-refractivity contribution in [1.82, 2.24) is 10.2 Å². The highest BCUT2D eigenvalue weighted by Gasteiger charge is 2.24. The summed E-state index contributed by atoms with van der Waals surface area (Å²) in [5.41, 5.74) is 5.63. The number of ether oxygens (including phenoxy) is 1. The van der Waals surface area contributed by atoms with E-state index < -0.39 is 0 Å². The molecule has 0 spiro atoms. The largest absolute Gasteiger partial charge is 0.383 e. The van der Waals surface area contributed by atoms with Crippen LogP contribution >= 0.6 is 0 Å². The van der Waals surface area contributed by atoms with Crippen molar-refractivity contribution in [2.24, 2.45) is 5.73 Å².